The van der Waals surface area contributed by atoms with Gasteiger partial charge in [0, 0.05) is 0 Å². The van der Waals surface area contributed by atoms with Crippen molar-refractivity contribution in [1.29, 1.82) is 0 Å². The first-order valence-corrected chi connectivity index (χ1v) is 8.88. The van der Waals surface area contributed by atoms with Gasteiger partial charge in [-0.3, -0.25) is 5.26 Å². The summed E-state index contributed by atoms with van der Waals surface area (Å²) in [5, 5.41) is 8.29. The van der Waals surface area contributed by atoms with Crippen LogP contribution in [0.4, 0.5) is 0 Å². The Balaban J connectivity index is 1.85. The van der Waals surface area contributed by atoms with Gasteiger partial charge >= 0.3 is 0 Å². The van der Waals surface area contributed by atoms with E-state index >= 15 is 0 Å². The lowest BCUT2D eigenvalue weighted by Gasteiger charge is -2.15. The van der Waals surface area contributed by atoms with Crippen molar-refractivity contribution >= 4 is 0 Å². The summed E-state index contributed by atoms with van der Waals surface area (Å²) in [5.41, 5.74) is 0. The zero-order valence-corrected chi connectivity index (χ0v) is 13.7. The molecule has 2 unspecified atom stereocenters. The van der Waals surface area contributed by atoms with E-state index in [1.807, 2.05) is 0 Å². The molecule has 1 aliphatic heterocycles. The molecule has 0 saturated carbocycles. The van der Waals surface area contributed by atoms with Crippen LogP contribution in [-0.2, 0) is 14.4 Å². The van der Waals surface area contributed by atoms with Crippen LogP contribution in [0.5, 0.6) is 0 Å². The fraction of sp³-hybridized carbons (Fsp3) is 1.00. The third-order valence-electron chi connectivity index (χ3n) is 4.12. The molecule has 0 aliphatic carbocycles. The fourth-order valence-corrected chi connectivity index (χ4v) is 2.72. The number of epoxide rings is 1. The molecule has 0 bridgehead atoms. The van der Waals surface area contributed by atoms with Crippen LogP contribution < -0.4 is 0 Å². The molecule has 126 valence electrons. The lowest BCUT2D eigenvalue weighted by atomic mass is 10.0. The average molecular weight is 302 g/mol. The summed E-state index contributed by atoms with van der Waals surface area (Å²) in [6.45, 7) is 3.77. The second kappa shape index (κ2) is 13.5. The van der Waals surface area contributed by atoms with Crippen LogP contribution in [-0.4, -0.2) is 37.3 Å². The summed E-state index contributed by atoms with van der Waals surface area (Å²) in [6.07, 6.45) is 15.1. The van der Waals surface area contributed by atoms with E-state index < -0.39 is 0 Å². The Morgan fingerprint density at radius 3 is 2.05 bits per heavy atom. The second-order valence-corrected chi connectivity index (χ2v) is 6.08. The maximum atomic E-state index is 8.29. The van der Waals surface area contributed by atoms with E-state index in [1.165, 1.54) is 64.2 Å². The monoisotopic (exact) mass is 302 g/mol. The molecule has 0 radical (unpaired) electrons. The van der Waals surface area contributed by atoms with Crippen LogP contribution in [0.15, 0.2) is 0 Å². The number of unbranched alkanes of at least 4 members (excludes halogenated alkanes) is 9. The van der Waals surface area contributed by atoms with E-state index in [2.05, 4.69) is 11.8 Å². The lowest BCUT2D eigenvalue weighted by Crippen LogP contribution is -2.22. The molecular weight excluding hydrogens is 268 g/mol. The van der Waals surface area contributed by atoms with Crippen LogP contribution in [0.3, 0.4) is 0 Å². The Kier molecular flexibility index (Phi) is 12.1. The fourth-order valence-electron chi connectivity index (χ4n) is 2.72. The molecule has 0 amide bonds. The molecule has 4 heteroatoms. The normalized spacial score (nSPS) is 18.9. The number of rotatable bonds is 16. The SMILES string of the molecule is CCCCCCCCCCCCC(OCCOO)C1CO1. The molecular formula is C17H34O4. The highest BCUT2D eigenvalue weighted by molar-refractivity contribution is 4.80. The van der Waals surface area contributed by atoms with Gasteiger partial charge in [-0.05, 0) is 6.42 Å². The first kappa shape index (κ1) is 18.9. The molecule has 2 atom stereocenters. The number of hydrogen-bond acceptors (Lipinski definition) is 4. The zero-order chi connectivity index (χ0) is 15.2. The van der Waals surface area contributed by atoms with Crippen molar-refractivity contribution in [2.45, 2.75) is 89.8 Å². The minimum Gasteiger partial charge on any atom is -0.373 e. The van der Waals surface area contributed by atoms with Gasteiger partial charge in [0.15, 0.2) is 0 Å². The molecule has 4 nitrogen and oxygen atoms in total. The van der Waals surface area contributed by atoms with Gasteiger partial charge in [0.05, 0.1) is 19.3 Å². The molecule has 1 aliphatic rings. The highest BCUT2D eigenvalue weighted by atomic mass is 17.1. The summed E-state index contributed by atoms with van der Waals surface area (Å²) in [6, 6.07) is 0. The van der Waals surface area contributed by atoms with Gasteiger partial charge in [-0.1, -0.05) is 71.1 Å². The molecule has 1 heterocycles. The van der Waals surface area contributed by atoms with Crippen molar-refractivity contribution in [1.82, 2.24) is 0 Å². The highest BCUT2D eigenvalue weighted by Gasteiger charge is 2.32. The third-order valence-corrected chi connectivity index (χ3v) is 4.12. The quantitative estimate of drug-likeness (QED) is 0.196. The Hall–Kier alpha value is -0.160. The van der Waals surface area contributed by atoms with E-state index in [9.17, 15) is 0 Å². The van der Waals surface area contributed by atoms with E-state index in [0.717, 1.165) is 13.0 Å². The highest BCUT2D eigenvalue weighted by Crippen LogP contribution is 2.22. The van der Waals surface area contributed by atoms with E-state index in [1.54, 1.807) is 0 Å². The van der Waals surface area contributed by atoms with E-state index in [0.29, 0.717) is 6.61 Å². The first-order valence-electron chi connectivity index (χ1n) is 8.88. The van der Waals surface area contributed by atoms with Crippen molar-refractivity contribution in [3.8, 4) is 0 Å². The van der Waals surface area contributed by atoms with Crippen LogP contribution in [0.25, 0.3) is 0 Å². The van der Waals surface area contributed by atoms with Crippen molar-refractivity contribution in [2.75, 3.05) is 19.8 Å². The predicted molar refractivity (Wildman–Crippen MR) is 84.5 cm³/mol. The molecule has 0 aromatic carbocycles. The lowest BCUT2D eigenvalue weighted by molar-refractivity contribution is -0.251. The van der Waals surface area contributed by atoms with Crippen LogP contribution in [0.2, 0.25) is 0 Å². The summed E-state index contributed by atoms with van der Waals surface area (Å²) < 4.78 is 11.0. The number of hydrogen-bond donors (Lipinski definition) is 1. The summed E-state index contributed by atoms with van der Waals surface area (Å²) in [7, 11) is 0. The van der Waals surface area contributed by atoms with Gasteiger partial charge in [0.2, 0.25) is 0 Å². The van der Waals surface area contributed by atoms with Crippen LogP contribution in [0.1, 0.15) is 77.6 Å². The second-order valence-electron chi connectivity index (χ2n) is 6.08. The molecule has 1 rings (SSSR count). The molecule has 0 aromatic rings. The van der Waals surface area contributed by atoms with Crippen LogP contribution in [0, 0.1) is 0 Å². The average Bonchev–Trinajstić information content (AvgIpc) is 3.32. The minimum absolute atomic E-state index is 0.189. The van der Waals surface area contributed by atoms with Crippen molar-refractivity contribution in [3.63, 3.8) is 0 Å². The van der Waals surface area contributed by atoms with Gasteiger partial charge in [-0.2, -0.15) is 0 Å². The van der Waals surface area contributed by atoms with Gasteiger partial charge in [0.1, 0.15) is 12.7 Å². The van der Waals surface area contributed by atoms with E-state index in [-0.39, 0.29) is 18.8 Å². The Bertz CT molecular complexity index is 219. The molecule has 1 saturated heterocycles. The van der Waals surface area contributed by atoms with Crippen molar-refractivity contribution < 1.29 is 19.6 Å². The summed E-state index contributed by atoms with van der Waals surface area (Å²) >= 11 is 0. The maximum Gasteiger partial charge on any atom is 0.107 e. The minimum atomic E-state index is 0.189. The topological polar surface area (TPSA) is 51.2 Å². The molecule has 0 spiro atoms. The van der Waals surface area contributed by atoms with Crippen molar-refractivity contribution in [2.24, 2.45) is 0 Å². The number of ether oxygens (including phenoxy) is 2. The molecule has 1 fully saturated rings. The van der Waals surface area contributed by atoms with Crippen LogP contribution >= 0.6 is 0 Å². The van der Waals surface area contributed by atoms with Gasteiger partial charge < -0.3 is 9.47 Å². The first-order chi connectivity index (χ1) is 10.4. The molecule has 1 N–H and O–H groups in total. The van der Waals surface area contributed by atoms with Crippen molar-refractivity contribution in [3.05, 3.63) is 0 Å². The zero-order valence-electron chi connectivity index (χ0n) is 13.7. The third kappa shape index (κ3) is 11.1. The molecule has 0 aromatic heterocycles. The van der Waals surface area contributed by atoms with Gasteiger partial charge in [-0.15, -0.1) is 0 Å². The predicted octanol–water partition coefficient (Wildman–Crippen LogP) is 4.57. The Labute approximate surface area is 130 Å². The van der Waals surface area contributed by atoms with E-state index in [4.69, 9.17) is 14.7 Å². The van der Waals surface area contributed by atoms with Gasteiger partial charge in [-0.25, -0.2) is 4.89 Å². The smallest absolute Gasteiger partial charge is 0.107 e. The Morgan fingerprint density at radius 2 is 1.52 bits per heavy atom. The maximum absolute atomic E-state index is 8.29. The molecule has 21 heavy (non-hydrogen) atoms. The summed E-state index contributed by atoms with van der Waals surface area (Å²) in [4.78, 5) is 4.03. The largest absolute Gasteiger partial charge is 0.373 e. The standard InChI is InChI=1S/C17H34O4/c1-2-3-4-5-6-7-8-9-10-11-12-16(17-15-20-17)19-13-14-21-18/h16-18H,2-15H2,1H3. The summed E-state index contributed by atoms with van der Waals surface area (Å²) in [5.74, 6) is 0. The Morgan fingerprint density at radius 1 is 0.952 bits per heavy atom. The van der Waals surface area contributed by atoms with Gasteiger partial charge in [0.25, 0.3) is 0 Å².